The third kappa shape index (κ3) is 2.64. The molecule has 2 aliphatic carbocycles. The van der Waals surface area contributed by atoms with Crippen LogP contribution in [-0.2, 0) is 0 Å². The number of fused-ring (bicyclic) bond motifs is 2. The van der Waals surface area contributed by atoms with E-state index in [1.54, 1.807) is 0 Å². The van der Waals surface area contributed by atoms with Crippen molar-refractivity contribution in [2.75, 3.05) is 18.0 Å². The van der Waals surface area contributed by atoms with E-state index in [1.807, 2.05) is 4.57 Å². The van der Waals surface area contributed by atoms with Crippen LogP contribution in [0.5, 0.6) is 0 Å². The van der Waals surface area contributed by atoms with Crippen molar-refractivity contribution in [3.05, 3.63) is 45.4 Å². The van der Waals surface area contributed by atoms with Gasteiger partial charge in [-0.1, -0.05) is 23.8 Å². The fourth-order valence-corrected chi connectivity index (χ4v) is 4.94. The SMILES string of the molecule is N[C@@H]1CC=CC2CN(c3ncc4c(=O)c(C(=O)O)cn(C5CC5)c4c3Cl)C[C@@H]21. The highest BCUT2D eigenvalue weighted by Gasteiger charge is 2.38. The van der Waals surface area contributed by atoms with Gasteiger partial charge in [0, 0.05) is 43.5 Å². The topological polar surface area (TPSA) is 101 Å². The number of hydrogen-bond donors (Lipinski definition) is 2. The number of nitrogens with zero attached hydrogens (tertiary/aromatic N) is 3. The number of carbonyl (C=O) groups is 1. The zero-order chi connectivity index (χ0) is 19.6. The fraction of sp³-hybridized carbons (Fsp3) is 0.450. The molecule has 28 heavy (non-hydrogen) atoms. The summed E-state index contributed by atoms with van der Waals surface area (Å²) in [7, 11) is 0. The van der Waals surface area contributed by atoms with Crippen molar-refractivity contribution in [2.24, 2.45) is 17.6 Å². The molecule has 3 N–H and O–H groups in total. The second-order valence-corrected chi connectivity index (χ2v) is 8.41. The van der Waals surface area contributed by atoms with Crippen molar-refractivity contribution in [3.63, 3.8) is 0 Å². The smallest absolute Gasteiger partial charge is 0.341 e. The number of hydrogen-bond acceptors (Lipinski definition) is 5. The predicted octanol–water partition coefficient (Wildman–Crippen LogP) is 2.42. The summed E-state index contributed by atoms with van der Waals surface area (Å²) >= 11 is 6.78. The fourth-order valence-electron chi connectivity index (χ4n) is 4.58. The van der Waals surface area contributed by atoms with Gasteiger partial charge in [-0.2, -0.15) is 0 Å². The Bertz CT molecular complexity index is 1080. The minimum Gasteiger partial charge on any atom is -0.477 e. The summed E-state index contributed by atoms with van der Waals surface area (Å²) in [5.74, 6) is 0.142. The Kier molecular flexibility index (Phi) is 4.00. The van der Waals surface area contributed by atoms with Gasteiger partial charge in [0.25, 0.3) is 0 Å². The Balaban J connectivity index is 1.65. The molecule has 1 saturated heterocycles. The maximum absolute atomic E-state index is 12.7. The van der Waals surface area contributed by atoms with Crippen molar-refractivity contribution in [3.8, 4) is 0 Å². The van der Waals surface area contributed by atoms with Crippen LogP contribution in [0.15, 0.2) is 29.3 Å². The first-order valence-electron chi connectivity index (χ1n) is 9.59. The van der Waals surface area contributed by atoms with Crippen LogP contribution >= 0.6 is 11.6 Å². The molecule has 0 aromatic carbocycles. The number of carboxylic acids is 1. The lowest BCUT2D eigenvalue weighted by Gasteiger charge is -2.25. The molecule has 3 aliphatic rings. The first kappa shape index (κ1) is 17.7. The van der Waals surface area contributed by atoms with Crippen LogP contribution in [0.3, 0.4) is 0 Å². The Hall–Kier alpha value is -2.38. The van der Waals surface area contributed by atoms with Gasteiger partial charge in [0.2, 0.25) is 5.43 Å². The molecule has 146 valence electrons. The minimum absolute atomic E-state index is 0.127. The summed E-state index contributed by atoms with van der Waals surface area (Å²) < 4.78 is 1.85. The minimum atomic E-state index is -1.23. The van der Waals surface area contributed by atoms with Gasteiger partial charge in [-0.25, -0.2) is 9.78 Å². The number of carboxylic acid groups (broad SMARTS) is 1. The summed E-state index contributed by atoms with van der Waals surface area (Å²) in [6, 6.07) is 0.300. The van der Waals surface area contributed by atoms with Gasteiger partial charge in [0.05, 0.1) is 10.9 Å². The average molecular weight is 401 g/mol. The number of aromatic nitrogens is 2. The molecule has 2 fully saturated rings. The summed E-state index contributed by atoms with van der Waals surface area (Å²) in [4.78, 5) is 30.8. The van der Waals surface area contributed by atoms with Crippen LogP contribution in [0, 0.1) is 11.8 Å². The van der Waals surface area contributed by atoms with E-state index in [4.69, 9.17) is 17.3 Å². The van der Waals surface area contributed by atoms with Gasteiger partial charge in [-0.05, 0) is 25.2 Å². The molecule has 2 aromatic heterocycles. The van der Waals surface area contributed by atoms with E-state index in [1.165, 1.54) is 12.4 Å². The molecule has 5 rings (SSSR count). The maximum atomic E-state index is 12.7. The molecule has 1 aliphatic heterocycles. The van der Waals surface area contributed by atoms with Gasteiger partial charge in [0.1, 0.15) is 16.4 Å². The molecule has 8 heteroatoms. The quantitative estimate of drug-likeness (QED) is 0.767. The van der Waals surface area contributed by atoms with E-state index >= 15 is 0 Å². The monoisotopic (exact) mass is 400 g/mol. The molecule has 7 nitrogen and oxygen atoms in total. The number of pyridine rings is 2. The van der Waals surface area contributed by atoms with E-state index in [0.717, 1.165) is 32.4 Å². The zero-order valence-corrected chi connectivity index (χ0v) is 16.0. The van der Waals surface area contributed by atoms with Gasteiger partial charge in [-0.15, -0.1) is 0 Å². The average Bonchev–Trinajstić information content (AvgIpc) is 3.41. The molecular weight excluding hydrogens is 380 g/mol. The van der Waals surface area contributed by atoms with E-state index < -0.39 is 11.4 Å². The molecule has 3 atom stereocenters. The molecule has 1 saturated carbocycles. The lowest BCUT2D eigenvalue weighted by molar-refractivity contribution is 0.0695. The van der Waals surface area contributed by atoms with Crippen LogP contribution in [0.4, 0.5) is 5.82 Å². The normalized spacial score (nSPS) is 26.6. The molecule has 0 bridgehead atoms. The van der Waals surface area contributed by atoms with Gasteiger partial charge in [-0.3, -0.25) is 4.79 Å². The third-order valence-electron chi connectivity index (χ3n) is 6.21. The molecule has 0 spiro atoms. The standard InChI is InChI=1S/C20H21ClN4O3/c21-16-17-12(18(26)14(20(27)28)9-25(17)11-4-5-11)6-23-19(16)24-7-10-2-1-3-15(22)13(10)8-24/h1-2,6,9-11,13,15H,3-5,7-8,22H2,(H,27,28)/t10?,13-,15+/m0/s1. The van der Waals surface area contributed by atoms with Crippen LogP contribution in [0.2, 0.25) is 5.02 Å². The van der Waals surface area contributed by atoms with Crippen molar-refractivity contribution >= 4 is 34.3 Å². The van der Waals surface area contributed by atoms with E-state index in [-0.39, 0.29) is 23.0 Å². The maximum Gasteiger partial charge on any atom is 0.341 e. The highest BCUT2D eigenvalue weighted by atomic mass is 35.5. The summed E-state index contributed by atoms with van der Waals surface area (Å²) in [5, 5.41) is 10.1. The Labute approximate surface area is 166 Å². The summed E-state index contributed by atoms with van der Waals surface area (Å²) in [5.41, 5.74) is 6.09. The molecule has 3 heterocycles. The number of anilines is 1. The van der Waals surface area contributed by atoms with Crippen molar-refractivity contribution < 1.29 is 9.90 Å². The van der Waals surface area contributed by atoms with Crippen LogP contribution in [0.25, 0.3) is 10.9 Å². The van der Waals surface area contributed by atoms with E-state index in [9.17, 15) is 14.7 Å². The summed E-state index contributed by atoms with van der Waals surface area (Å²) in [6.07, 6.45) is 10.0. The third-order valence-corrected chi connectivity index (χ3v) is 6.56. The van der Waals surface area contributed by atoms with Crippen LogP contribution < -0.4 is 16.1 Å². The highest BCUT2D eigenvalue weighted by molar-refractivity contribution is 6.37. The van der Waals surface area contributed by atoms with Gasteiger partial charge in [0.15, 0.2) is 0 Å². The number of aromatic carboxylic acids is 1. The highest BCUT2D eigenvalue weighted by Crippen LogP contribution is 2.42. The van der Waals surface area contributed by atoms with Crippen LogP contribution in [-0.4, -0.2) is 39.8 Å². The molecule has 0 amide bonds. The zero-order valence-electron chi connectivity index (χ0n) is 15.2. The molecule has 2 aromatic rings. The van der Waals surface area contributed by atoms with E-state index in [2.05, 4.69) is 22.0 Å². The predicted molar refractivity (Wildman–Crippen MR) is 107 cm³/mol. The van der Waals surface area contributed by atoms with Crippen LogP contribution in [0.1, 0.15) is 35.7 Å². The van der Waals surface area contributed by atoms with Crippen molar-refractivity contribution in [1.82, 2.24) is 9.55 Å². The number of nitrogens with two attached hydrogens (primary N) is 1. The second kappa shape index (κ2) is 6.32. The van der Waals surface area contributed by atoms with Gasteiger partial charge < -0.3 is 20.3 Å². The first-order chi connectivity index (χ1) is 13.5. The van der Waals surface area contributed by atoms with Crippen molar-refractivity contribution in [2.45, 2.75) is 31.3 Å². The van der Waals surface area contributed by atoms with Crippen molar-refractivity contribution in [1.29, 1.82) is 0 Å². The Morgan fingerprint density at radius 1 is 1.32 bits per heavy atom. The second-order valence-electron chi connectivity index (χ2n) is 8.03. The summed E-state index contributed by atoms with van der Waals surface area (Å²) in [6.45, 7) is 1.56. The molecule has 1 unspecified atom stereocenters. The lowest BCUT2D eigenvalue weighted by atomic mass is 9.83. The Morgan fingerprint density at radius 3 is 2.79 bits per heavy atom. The number of rotatable bonds is 3. The number of halogens is 1. The van der Waals surface area contributed by atoms with E-state index in [0.29, 0.717) is 28.2 Å². The Morgan fingerprint density at radius 2 is 2.11 bits per heavy atom. The lowest BCUT2D eigenvalue weighted by Crippen LogP contribution is -2.36. The molecular formula is C20H21ClN4O3. The largest absolute Gasteiger partial charge is 0.477 e. The first-order valence-corrected chi connectivity index (χ1v) is 9.97. The molecule has 0 radical (unpaired) electrons. The van der Waals surface area contributed by atoms with Gasteiger partial charge >= 0.3 is 5.97 Å².